The van der Waals surface area contributed by atoms with Gasteiger partial charge in [0.15, 0.2) is 6.61 Å². The number of fused-ring (bicyclic) bond motifs is 1. The van der Waals surface area contributed by atoms with Crippen molar-refractivity contribution in [3.05, 3.63) is 18.2 Å². The van der Waals surface area contributed by atoms with Crippen LogP contribution in [0.15, 0.2) is 23.1 Å². The zero-order chi connectivity index (χ0) is 19.4. The molecule has 0 radical (unpaired) electrons. The number of ether oxygens (including phenoxy) is 2. The number of carbonyl (C=O) groups is 2. The summed E-state index contributed by atoms with van der Waals surface area (Å²) in [6.07, 6.45) is 1.24. The number of hydrogen-bond acceptors (Lipinski definition) is 6. The van der Waals surface area contributed by atoms with Gasteiger partial charge in [-0.3, -0.25) is 9.59 Å². The van der Waals surface area contributed by atoms with Crippen LogP contribution in [0.4, 0.5) is 5.69 Å². The SMILES string of the molecule is COCCNC(=O)[C@H]1CCCN(S(=O)(=O)c2ccc3c(c2)NC(=O)CO3)C1. The molecule has 0 aliphatic carbocycles. The van der Waals surface area contributed by atoms with Crippen molar-refractivity contribution in [3.63, 3.8) is 0 Å². The van der Waals surface area contributed by atoms with Gasteiger partial charge in [-0.25, -0.2) is 8.42 Å². The monoisotopic (exact) mass is 397 g/mol. The Morgan fingerprint density at radius 3 is 3.04 bits per heavy atom. The Balaban J connectivity index is 1.73. The summed E-state index contributed by atoms with van der Waals surface area (Å²) < 4.78 is 37.5. The highest BCUT2D eigenvalue weighted by Gasteiger charge is 2.34. The standard InChI is InChI=1S/C17H23N3O6S/c1-25-8-6-18-17(22)12-3-2-7-20(10-12)27(23,24)13-4-5-15-14(9-13)19-16(21)11-26-15/h4-5,9,12H,2-3,6-8,10-11H2,1H3,(H,18,22)(H,19,21)/t12-/m0/s1. The number of nitrogens with one attached hydrogen (secondary N) is 2. The van der Waals surface area contributed by atoms with E-state index in [-0.39, 0.29) is 29.9 Å². The van der Waals surface area contributed by atoms with Crippen LogP contribution in [0, 0.1) is 5.92 Å². The zero-order valence-electron chi connectivity index (χ0n) is 15.1. The third-order valence-electron chi connectivity index (χ3n) is 4.58. The first kappa shape index (κ1) is 19.6. The van der Waals surface area contributed by atoms with Gasteiger partial charge < -0.3 is 20.1 Å². The number of methoxy groups -OCH3 is 1. The van der Waals surface area contributed by atoms with E-state index in [0.29, 0.717) is 44.0 Å². The van der Waals surface area contributed by atoms with E-state index in [2.05, 4.69) is 10.6 Å². The van der Waals surface area contributed by atoms with Crippen LogP contribution in [0.2, 0.25) is 0 Å². The van der Waals surface area contributed by atoms with Gasteiger partial charge in [0.1, 0.15) is 5.75 Å². The minimum atomic E-state index is -3.78. The molecule has 0 saturated carbocycles. The minimum Gasteiger partial charge on any atom is -0.482 e. The molecule has 10 heteroatoms. The Morgan fingerprint density at radius 1 is 1.44 bits per heavy atom. The highest BCUT2D eigenvalue weighted by molar-refractivity contribution is 7.89. The molecule has 0 aromatic heterocycles. The molecule has 2 heterocycles. The van der Waals surface area contributed by atoms with Crippen LogP contribution < -0.4 is 15.4 Å². The van der Waals surface area contributed by atoms with Gasteiger partial charge in [-0.15, -0.1) is 0 Å². The van der Waals surface area contributed by atoms with Crippen LogP contribution >= 0.6 is 0 Å². The van der Waals surface area contributed by atoms with Crippen LogP contribution in [0.5, 0.6) is 5.75 Å². The molecule has 1 fully saturated rings. The summed E-state index contributed by atoms with van der Waals surface area (Å²) >= 11 is 0. The largest absolute Gasteiger partial charge is 0.482 e. The molecule has 27 heavy (non-hydrogen) atoms. The Kier molecular flexibility index (Phi) is 5.98. The van der Waals surface area contributed by atoms with Gasteiger partial charge in [-0.1, -0.05) is 0 Å². The van der Waals surface area contributed by atoms with E-state index in [1.165, 1.54) is 22.5 Å². The molecule has 0 unspecified atom stereocenters. The average molecular weight is 397 g/mol. The predicted molar refractivity (Wildman–Crippen MR) is 96.9 cm³/mol. The number of nitrogens with zero attached hydrogens (tertiary/aromatic N) is 1. The van der Waals surface area contributed by atoms with Crippen molar-refractivity contribution in [1.29, 1.82) is 0 Å². The van der Waals surface area contributed by atoms with E-state index in [4.69, 9.17) is 9.47 Å². The molecule has 0 spiro atoms. The fraction of sp³-hybridized carbons (Fsp3) is 0.529. The third kappa shape index (κ3) is 4.40. The van der Waals surface area contributed by atoms with E-state index in [9.17, 15) is 18.0 Å². The highest BCUT2D eigenvalue weighted by Crippen LogP contribution is 2.32. The van der Waals surface area contributed by atoms with Gasteiger partial charge in [0.05, 0.1) is 23.1 Å². The molecular weight excluding hydrogens is 374 g/mol. The Labute approximate surface area is 158 Å². The second-order valence-corrected chi connectivity index (χ2v) is 8.42. The smallest absolute Gasteiger partial charge is 0.262 e. The van der Waals surface area contributed by atoms with Gasteiger partial charge in [0, 0.05) is 26.7 Å². The average Bonchev–Trinajstić information content (AvgIpc) is 2.67. The van der Waals surface area contributed by atoms with Crippen molar-refractivity contribution in [2.45, 2.75) is 17.7 Å². The number of carbonyl (C=O) groups excluding carboxylic acids is 2. The molecule has 9 nitrogen and oxygen atoms in total. The summed E-state index contributed by atoms with van der Waals surface area (Å²) in [4.78, 5) is 23.8. The second kappa shape index (κ2) is 8.24. The number of sulfonamides is 1. The lowest BCUT2D eigenvalue weighted by Gasteiger charge is -2.31. The first-order valence-electron chi connectivity index (χ1n) is 8.75. The van der Waals surface area contributed by atoms with Crippen LogP contribution in [0.3, 0.4) is 0 Å². The summed E-state index contributed by atoms with van der Waals surface area (Å²) in [6.45, 7) is 1.18. The number of piperidine rings is 1. The number of amides is 2. The predicted octanol–water partition coefficient (Wildman–Crippen LogP) is 0.181. The maximum Gasteiger partial charge on any atom is 0.262 e. The summed E-state index contributed by atoms with van der Waals surface area (Å²) in [5.74, 6) is -0.463. The Bertz CT molecular complexity index is 826. The molecular formula is C17H23N3O6S. The van der Waals surface area contributed by atoms with E-state index < -0.39 is 15.9 Å². The molecule has 2 amide bonds. The fourth-order valence-corrected chi connectivity index (χ4v) is 4.72. The maximum absolute atomic E-state index is 13.0. The lowest BCUT2D eigenvalue weighted by atomic mass is 9.99. The van der Waals surface area contributed by atoms with E-state index in [1.807, 2.05) is 0 Å². The van der Waals surface area contributed by atoms with Crippen LogP contribution in [-0.4, -0.2) is 64.5 Å². The molecule has 3 rings (SSSR count). The topological polar surface area (TPSA) is 114 Å². The maximum atomic E-state index is 13.0. The molecule has 2 aliphatic rings. The second-order valence-electron chi connectivity index (χ2n) is 6.48. The van der Waals surface area contributed by atoms with Gasteiger partial charge >= 0.3 is 0 Å². The van der Waals surface area contributed by atoms with Crippen molar-refractivity contribution in [2.24, 2.45) is 5.92 Å². The molecule has 0 bridgehead atoms. The number of anilines is 1. The number of benzene rings is 1. The normalized spacial score (nSPS) is 20.3. The highest BCUT2D eigenvalue weighted by atomic mass is 32.2. The van der Waals surface area contributed by atoms with Gasteiger partial charge in [-0.2, -0.15) is 4.31 Å². The van der Waals surface area contributed by atoms with Crippen molar-refractivity contribution in [3.8, 4) is 5.75 Å². The van der Waals surface area contributed by atoms with Crippen molar-refractivity contribution >= 4 is 27.5 Å². The molecule has 1 saturated heterocycles. The van der Waals surface area contributed by atoms with Gasteiger partial charge in [0.2, 0.25) is 15.9 Å². The van der Waals surface area contributed by atoms with Crippen LogP contribution in [-0.2, 0) is 24.3 Å². The van der Waals surface area contributed by atoms with Crippen molar-refractivity contribution in [1.82, 2.24) is 9.62 Å². The molecule has 2 aliphatic heterocycles. The zero-order valence-corrected chi connectivity index (χ0v) is 15.9. The van der Waals surface area contributed by atoms with E-state index in [1.54, 1.807) is 7.11 Å². The van der Waals surface area contributed by atoms with E-state index in [0.717, 1.165) is 0 Å². The fourth-order valence-electron chi connectivity index (χ4n) is 3.17. The summed E-state index contributed by atoms with van der Waals surface area (Å²) in [5, 5.41) is 5.37. The molecule has 1 atom stereocenters. The lowest BCUT2D eigenvalue weighted by molar-refractivity contribution is -0.126. The third-order valence-corrected chi connectivity index (χ3v) is 6.44. The molecule has 148 valence electrons. The molecule has 1 aromatic rings. The first-order chi connectivity index (χ1) is 12.9. The van der Waals surface area contributed by atoms with Crippen molar-refractivity contribution < 1.29 is 27.5 Å². The van der Waals surface area contributed by atoms with Gasteiger partial charge in [-0.05, 0) is 31.0 Å². The summed E-state index contributed by atoms with van der Waals surface area (Å²) in [5.41, 5.74) is 0.332. The Hall–Kier alpha value is -2.17. The lowest BCUT2D eigenvalue weighted by Crippen LogP contribution is -2.45. The number of hydrogen-bond donors (Lipinski definition) is 2. The van der Waals surface area contributed by atoms with Gasteiger partial charge in [0.25, 0.3) is 5.91 Å². The summed E-state index contributed by atoms with van der Waals surface area (Å²) in [6, 6.07) is 4.37. The van der Waals surface area contributed by atoms with E-state index >= 15 is 0 Å². The summed E-state index contributed by atoms with van der Waals surface area (Å²) in [7, 11) is -2.23. The van der Waals surface area contributed by atoms with Crippen LogP contribution in [0.25, 0.3) is 0 Å². The first-order valence-corrected chi connectivity index (χ1v) is 10.2. The van der Waals surface area contributed by atoms with Crippen LogP contribution in [0.1, 0.15) is 12.8 Å². The molecule has 2 N–H and O–H groups in total. The van der Waals surface area contributed by atoms with Crippen molar-refractivity contribution in [2.75, 3.05) is 45.3 Å². The molecule has 1 aromatic carbocycles. The Morgan fingerprint density at radius 2 is 2.26 bits per heavy atom. The quantitative estimate of drug-likeness (QED) is 0.662. The number of rotatable bonds is 6. The minimum absolute atomic E-state index is 0.0625.